The van der Waals surface area contributed by atoms with Crippen LogP contribution in [0.4, 0.5) is 4.79 Å². The molecule has 8 N–H and O–H groups in total. The van der Waals surface area contributed by atoms with Crippen molar-refractivity contribution in [3.8, 4) is 0 Å². The average Bonchev–Trinajstić information content (AvgIpc) is 2.77. The van der Waals surface area contributed by atoms with Gasteiger partial charge in [-0.2, -0.15) is 0 Å². The van der Waals surface area contributed by atoms with Crippen LogP contribution in [0.15, 0.2) is 0 Å². The van der Waals surface area contributed by atoms with Gasteiger partial charge in [-0.15, -0.1) is 0 Å². The molecule has 3 unspecified atom stereocenters. The van der Waals surface area contributed by atoms with E-state index in [9.17, 15) is 24.0 Å². The van der Waals surface area contributed by atoms with Crippen molar-refractivity contribution in [1.29, 1.82) is 0 Å². The number of aliphatic hydroxyl groups is 1. The van der Waals surface area contributed by atoms with Crippen LogP contribution in [0.1, 0.15) is 46.5 Å². The first kappa shape index (κ1) is 31.6. The van der Waals surface area contributed by atoms with E-state index in [4.69, 9.17) is 10.8 Å². The number of carbonyl (C=O) groups excluding carboxylic acids is 5. The molecule has 0 aliphatic rings. The van der Waals surface area contributed by atoms with Crippen LogP contribution in [0.2, 0.25) is 0 Å². The summed E-state index contributed by atoms with van der Waals surface area (Å²) in [5.41, 5.74) is 5.01. The van der Waals surface area contributed by atoms with Crippen molar-refractivity contribution in [2.24, 2.45) is 11.7 Å². The predicted octanol–water partition coefficient (Wildman–Crippen LogP) is -1.42. The van der Waals surface area contributed by atoms with Gasteiger partial charge in [0.1, 0.15) is 12.8 Å². The molecular formula is C20H39N7O6S. The summed E-state index contributed by atoms with van der Waals surface area (Å²) in [7, 11) is 3.19. The zero-order valence-electron chi connectivity index (χ0n) is 20.5. The Hall–Kier alpha value is -2.42. The van der Waals surface area contributed by atoms with Crippen molar-refractivity contribution < 1.29 is 29.1 Å². The van der Waals surface area contributed by atoms with Gasteiger partial charge in [0.05, 0.1) is 12.1 Å². The lowest BCUT2D eigenvalue weighted by Gasteiger charge is -2.25. The molecular weight excluding hydrogens is 466 g/mol. The number of primary amides is 1. The molecule has 0 aromatic rings. The molecule has 0 saturated carbocycles. The summed E-state index contributed by atoms with van der Waals surface area (Å²) in [6.07, 6.45) is 0.923. The molecule has 14 heteroatoms. The number of urea groups is 1. The highest BCUT2D eigenvalue weighted by atomic mass is 32.2. The predicted molar refractivity (Wildman–Crippen MR) is 129 cm³/mol. The highest BCUT2D eigenvalue weighted by Gasteiger charge is 2.28. The average molecular weight is 506 g/mol. The van der Waals surface area contributed by atoms with Gasteiger partial charge in [-0.3, -0.25) is 23.9 Å². The summed E-state index contributed by atoms with van der Waals surface area (Å²) in [5, 5.41) is 19.6. The Bertz CT molecular complexity index is 694. The van der Waals surface area contributed by atoms with Gasteiger partial charge in [-0.05, 0) is 39.2 Å². The number of nitrogens with two attached hydrogens (primary N) is 1. The number of carbonyl (C=O) groups is 5. The van der Waals surface area contributed by atoms with Gasteiger partial charge in [-0.25, -0.2) is 9.10 Å². The van der Waals surface area contributed by atoms with Crippen molar-refractivity contribution >= 4 is 41.7 Å². The van der Waals surface area contributed by atoms with Gasteiger partial charge in [-0.1, -0.05) is 13.8 Å². The van der Waals surface area contributed by atoms with Crippen LogP contribution in [0.5, 0.6) is 0 Å². The molecule has 0 aromatic heterocycles. The van der Waals surface area contributed by atoms with E-state index in [1.807, 2.05) is 0 Å². The monoisotopic (exact) mass is 505 g/mol. The van der Waals surface area contributed by atoms with Crippen molar-refractivity contribution in [1.82, 2.24) is 30.3 Å². The van der Waals surface area contributed by atoms with Crippen molar-refractivity contribution in [2.45, 2.75) is 64.6 Å². The van der Waals surface area contributed by atoms with Crippen LogP contribution < -0.4 is 31.7 Å². The van der Waals surface area contributed by atoms with Crippen molar-refractivity contribution in [3.63, 3.8) is 0 Å². The summed E-state index contributed by atoms with van der Waals surface area (Å²) in [4.78, 5) is 60.2. The number of aliphatic hydroxyl groups excluding tert-OH is 1. The highest BCUT2D eigenvalue weighted by Crippen LogP contribution is 2.08. The maximum absolute atomic E-state index is 12.8. The minimum absolute atomic E-state index is 0.00907. The summed E-state index contributed by atoms with van der Waals surface area (Å²) in [6.45, 7) is 4.92. The number of rotatable bonds is 17. The van der Waals surface area contributed by atoms with Gasteiger partial charge in [0, 0.05) is 32.1 Å². The Morgan fingerprint density at radius 2 is 1.68 bits per heavy atom. The smallest absolute Gasteiger partial charge is 0.312 e. The second kappa shape index (κ2) is 17.1. The third-order valence-electron chi connectivity index (χ3n) is 4.87. The third-order valence-corrected chi connectivity index (χ3v) is 5.59. The molecule has 0 heterocycles. The lowest BCUT2D eigenvalue weighted by molar-refractivity contribution is -0.132. The van der Waals surface area contributed by atoms with Crippen LogP contribution in [0.25, 0.3) is 0 Å². The van der Waals surface area contributed by atoms with Gasteiger partial charge in [0.15, 0.2) is 5.78 Å². The van der Waals surface area contributed by atoms with E-state index in [2.05, 4.69) is 26.0 Å². The first-order valence-electron chi connectivity index (χ1n) is 11.0. The number of hydrogen-bond acceptors (Lipinski definition) is 9. The van der Waals surface area contributed by atoms with E-state index in [0.717, 1.165) is 12.1 Å². The summed E-state index contributed by atoms with van der Waals surface area (Å²) < 4.78 is 3.98. The largest absolute Gasteiger partial charge is 0.380 e. The maximum atomic E-state index is 12.8. The number of amides is 5. The molecule has 5 amide bonds. The molecule has 0 rings (SSSR count). The standard InChI is InChI=1S/C20H39N7O6S/c1-12(2)17(19(32)24-14(13(3)29)7-6-10-23-20(21)33)25-16(30)9-8-15(22-4)18(31)26-34-27(5)11-28/h12,14-15,17,22,28H,6-11H2,1-5H3,(H,24,32)(H,25,30)(H,26,31)(H3,21,23,33). The molecule has 13 nitrogen and oxygen atoms in total. The van der Waals surface area contributed by atoms with E-state index < -0.39 is 36.0 Å². The van der Waals surface area contributed by atoms with Crippen molar-refractivity contribution in [3.05, 3.63) is 0 Å². The first-order chi connectivity index (χ1) is 15.9. The minimum atomic E-state index is -0.867. The number of Topliss-reactive ketones (excluding diaryl/α,β-unsaturated/α-hetero) is 1. The van der Waals surface area contributed by atoms with Gasteiger partial charge in [0.2, 0.25) is 17.7 Å². The van der Waals surface area contributed by atoms with Crippen molar-refractivity contribution in [2.75, 3.05) is 27.4 Å². The van der Waals surface area contributed by atoms with E-state index in [-0.39, 0.29) is 43.7 Å². The minimum Gasteiger partial charge on any atom is -0.380 e. The quantitative estimate of drug-likeness (QED) is 0.0705. The van der Waals surface area contributed by atoms with Crippen LogP contribution in [-0.2, 0) is 19.2 Å². The van der Waals surface area contributed by atoms with E-state index in [1.165, 1.54) is 11.2 Å². The number of nitrogens with zero attached hydrogens (tertiary/aromatic N) is 1. The molecule has 0 bridgehead atoms. The molecule has 196 valence electrons. The fourth-order valence-electron chi connectivity index (χ4n) is 2.84. The molecule has 34 heavy (non-hydrogen) atoms. The second-order valence-corrected chi connectivity index (χ2v) is 9.11. The molecule has 0 fully saturated rings. The van der Waals surface area contributed by atoms with Gasteiger partial charge in [0.25, 0.3) is 0 Å². The third kappa shape index (κ3) is 13.3. The molecule has 0 aliphatic heterocycles. The lowest BCUT2D eigenvalue weighted by atomic mass is 10.0. The van der Waals surface area contributed by atoms with Crippen LogP contribution in [-0.4, -0.2) is 84.4 Å². The number of hydrogen-bond donors (Lipinski definition) is 7. The fraction of sp³-hybridized carbons (Fsp3) is 0.750. The van der Waals surface area contributed by atoms with Crippen LogP contribution >= 0.6 is 12.1 Å². The lowest BCUT2D eigenvalue weighted by Crippen LogP contribution is -2.53. The maximum Gasteiger partial charge on any atom is 0.312 e. The Balaban J connectivity index is 4.83. The second-order valence-electron chi connectivity index (χ2n) is 8.10. The highest BCUT2D eigenvalue weighted by molar-refractivity contribution is 7.95. The summed E-state index contributed by atoms with van der Waals surface area (Å²) in [6, 6.07) is -2.94. The SMILES string of the molecule is CNC(CCC(=O)NC(C(=O)NC(CCCNC(N)=O)C(C)=O)C(C)C)C(=O)NSN(C)CO. The van der Waals surface area contributed by atoms with E-state index >= 15 is 0 Å². The number of ketones is 1. The molecule has 3 atom stereocenters. The molecule has 0 radical (unpaired) electrons. The molecule has 0 aliphatic carbocycles. The Labute approximate surface area is 205 Å². The normalized spacial score (nSPS) is 13.6. The van der Waals surface area contributed by atoms with E-state index in [1.54, 1.807) is 27.9 Å². The van der Waals surface area contributed by atoms with Gasteiger partial charge < -0.3 is 32.1 Å². The number of nitrogens with one attached hydrogen (secondary N) is 5. The van der Waals surface area contributed by atoms with E-state index in [0.29, 0.717) is 12.8 Å². The fourth-order valence-corrected chi connectivity index (χ4v) is 3.29. The zero-order chi connectivity index (χ0) is 26.3. The van der Waals surface area contributed by atoms with Gasteiger partial charge >= 0.3 is 6.03 Å². The molecule has 0 saturated heterocycles. The topological polar surface area (TPSA) is 195 Å². The molecule has 0 aromatic carbocycles. The molecule has 0 spiro atoms. The Kier molecular flexibility index (Phi) is 15.9. The summed E-state index contributed by atoms with van der Waals surface area (Å²) >= 11 is 0.933. The van der Waals surface area contributed by atoms with Crippen LogP contribution in [0.3, 0.4) is 0 Å². The van der Waals surface area contributed by atoms with Crippen LogP contribution in [0, 0.1) is 5.92 Å². The first-order valence-corrected chi connectivity index (χ1v) is 11.8. The Morgan fingerprint density at radius 1 is 1.03 bits per heavy atom. The zero-order valence-corrected chi connectivity index (χ0v) is 21.3. The number of likely N-dealkylation sites (N-methyl/N-ethyl adjacent to an activating group) is 1. The Morgan fingerprint density at radius 3 is 2.18 bits per heavy atom. The summed E-state index contributed by atoms with van der Waals surface area (Å²) in [5.74, 6) is -1.74.